The molecule has 0 saturated heterocycles. The summed E-state index contributed by atoms with van der Waals surface area (Å²) < 4.78 is 7.83. The Morgan fingerprint density at radius 1 is 0.382 bits per heavy atom. The predicted octanol–water partition coefficient (Wildman–Crippen LogP) is 16.6. The molecule has 0 amide bonds. The van der Waals surface area contributed by atoms with Gasteiger partial charge in [-0.2, -0.15) is 0 Å². The summed E-state index contributed by atoms with van der Waals surface area (Å²) in [5.41, 5.74) is 27.2. The van der Waals surface area contributed by atoms with Crippen molar-refractivity contribution in [2.75, 3.05) is 9.80 Å². The first-order chi connectivity index (χ1) is 36.7. The van der Waals surface area contributed by atoms with E-state index in [0.29, 0.717) is 0 Å². The summed E-state index contributed by atoms with van der Waals surface area (Å²) in [5, 5.41) is 5.14. The number of hydrogen-bond donors (Lipinski definition) is 0. The Hall–Kier alpha value is -8.48. The van der Waals surface area contributed by atoms with Gasteiger partial charge in [0, 0.05) is 67.1 Å². The van der Waals surface area contributed by atoms with Crippen LogP contribution in [0, 0.1) is 27.7 Å². The molecule has 0 N–H and O–H groups in total. The van der Waals surface area contributed by atoms with Gasteiger partial charge in [-0.25, -0.2) is 0 Å². The van der Waals surface area contributed by atoms with Gasteiger partial charge in [-0.05, 0) is 174 Å². The van der Waals surface area contributed by atoms with Crippen LogP contribution in [0.25, 0.3) is 60.7 Å². The quantitative estimate of drug-likeness (QED) is 0.148. The highest BCUT2D eigenvalue weighted by molar-refractivity contribution is 7.00. The van der Waals surface area contributed by atoms with Crippen LogP contribution in [0.4, 0.5) is 34.1 Å². The van der Waals surface area contributed by atoms with Crippen LogP contribution >= 0.6 is 0 Å². The third-order valence-electron chi connectivity index (χ3n) is 17.1. The van der Waals surface area contributed by atoms with Crippen LogP contribution in [-0.2, 0) is 10.8 Å². The molecule has 0 saturated carbocycles. The Bertz CT molecular complexity index is 3980. The second kappa shape index (κ2) is 16.5. The Labute approximate surface area is 447 Å². The van der Waals surface area contributed by atoms with E-state index in [0.717, 1.165) is 28.4 Å². The van der Waals surface area contributed by atoms with Crippen LogP contribution in [0.3, 0.4) is 0 Å². The number of anilines is 6. The number of aryl methyl sites for hydroxylation is 2. The van der Waals surface area contributed by atoms with Crippen LogP contribution in [0.1, 0.15) is 75.2 Å². The molecule has 0 fully saturated rings. The molecule has 5 nitrogen and oxygen atoms in total. The summed E-state index contributed by atoms with van der Waals surface area (Å²) in [4.78, 5) is 4.91. The molecule has 0 unspecified atom stereocenters. The normalized spacial score (nSPS) is 12.8. The molecule has 5 heterocycles. The van der Waals surface area contributed by atoms with Crippen LogP contribution in [0.15, 0.2) is 194 Å². The molecular formula is C70H62BN5. The van der Waals surface area contributed by atoms with Gasteiger partial charge in [-0.15, -0.1) is 0 Å². The zero-order chi connectivity index (χ0) is 52.1. The van der Waals surface area contributed by atoms with E-state index < -0.39 is 0 Å². The zero-order valence-corrected chi connectivity index (χ0v) is 45.3. The minimum absolute atomic E-state index is 0.00862. The Balaban J connectivity index is 1.13. The molecular weight excluding hydrogens is 922 g/mol. The first-order valence-corrected chi connectivity index (χ1v) is 27.1. The Morgan fingerprint density at radius 3 is 1.08 bits per heavy atom. The van der Waals surface area contributed by atoms with Gasteiger partial charge in [0.2, 0.25) is 0 Å². The van der Waals surface area contributed by atoms with Gasteiger partial charge in [0.1, 0.15) is 0 Å². The fraction of sp³-hybridized carbons (Fsp3) is 0.171. The lowest BCUT2D eigenvalue weighted by molar-refractivity contribution is 0.590. The van der Waals surface area contributed by atoms with Gasteiger partial charge >= 0.3 is 0 Å². The lowest BCUT2D eigenvalue weighted by Crippen LogP contribution is -2.59. The minimum atomic E-state index is -0.0415. The van der Waals surface area contributed by atoms with E-state index in [1.165, 1.54) is 116 Å². The molecule has 14 rings (SSSR count). The van der Waals surface area contributed by atoms with E-state index in [4.69, 9.17) is 0 Å². The summed E-state index contributed by atoms with van der Waals surface area (Å²) in [6.07, 6.45) is 0. The van der Waals surface area contributed by atoms with E-state index in [1.807, 2.05) is 0 Å². The number of fused-ring (bicyclic) bond motifs is 7. The molecule has 0 spiro atoms. The SMILES string of the molecule is Cc1c(C)n2c3c(ccc(N(c4ccccc4)c4ccccc4)c13)B1c3c-2cc(-n2c4ccc(C(C)(C)C)cc4c4cc(C(C)(C)C)ccc42)cc3-n2c(C)c(C)c3c(N(c4ccccc4)c4ccccc4)ccc1c32. The molecule has 76 heavy (non-hydrogen) atoms. The topological polar surface area (TPSA) is 21.3 Å². The van der Waals surface area contributed by atoms with Crippen molar-refractivity contribution in [1.82, 2.24) is 13.7 Å². The first-order valence-electron chi connectivity index (χ1n) is 27.1. The number of hydrogen-bond acceptors (Lipinski definition) is 2. The number of benzene rings is 9. The molecule has 0 atom stereocenters. The standard InChI is InChI=1S/C70H62BN5/c1-43-45(3)72-62-41-53(76-58-35-31-47(69(5,6)7)39-54(58)55-40-48(70(8,9)10)32-36-59(55)76)42-63-66(62)71(56-33-37-60(64(43)67(56)72)74(49-23-15-11-16-24-49)50-25-17-12-18-26-50)57-34-38-61(65-44(2)46(4)73(63)68(57)65)75(51-27-19-13-20-28-51)52-29-21-14-22-30-52/h11-42H,1-10H3. The van der Waals surface area contributed by atoms with Gasteiger partial charge in [0.15, 0.2) is 0 Å². The van der Waals surface area contributed by atoms with Crippen molar-refractivity contribution in [3.05, 3.63) is 228 Å². The van der Waals surface area contributed by atoms with E-state index >= 15 is 0 Å². The molecule has 370 valence electrons. The maximum absolute atomic E-state index is 2.63. The largest absolute Gasteiger partial charge is 0.314 e. The van der Waals surface area contributed by atoms with E-state index in [2.05, 4.69) is 287 Å². The van der Waals surface area contributed by atoms with Gasteiger partial charge in [-0.3, -0.25) is 0 Å². The summed E-state index contributed by atoms with van der Waals surface area (Å²) in [6.45, 7) is 23.3. The summed E-state index contributed by atoms with van der Waals surface area (Å²) >= 11 is 0. The predicted molar refractivity (Wildman–Crippen MR) is 325 cm³/mol. The molecule has 9 aromatic carbocycles. The van der Waals surface area contributed by atoms with Crippen molar-refractivity contribution < 1.29 is 0 Å². The second-order valence-corrected chi connectivity index (χ2v) is 23.5. The minimum Gasteiger partial charge on any atom is -0.314 e. The van der Waals surface area contributed by atoms with Crippen molar-refractivity contribution >= 4 is 101 Å². The molecule has 6 heteroatoms. The van der Waals surface area contributed by atoms with E-state index in [-0.39, 0.29) is 17.5 Å². The Kier molecular flexibility index (Phi) is 10.0. The lowest BCUT2D eigenvalue weighted by Gasteiger charge is -2.36. The van der Waals surface area contributed by atoms with E-state index in [1.54, 1.807) is 0 Å². The highest BCUT2D eigenvalue weighted by Gasteiger charge is 2.43. The van der Waals surface area contributed by atoms with Gasteiger partial charge in [0.25, 0.3) is 6.71 Å². The van der Waals surface area contributed by atoms with Gasteiger partial charge < -0.3 is 23.5 Å². The number of para-hydroxylation sites is 4. The van der Waals surface area contributed by atoms with Crippen molar-refractivity contribution in [2.45, 2.75) is 80.1 Å². The lowest BCUT2D eigenvalue weighted by atomic mass is 9.34. The highest BCUT2D eigenvalue weighted by atomic mass is 15.2. The molecule has 0 aliphatic carbocycles. The highest BCUT2D eigenvalue weighted by Crippen LogP contribution is 2.48. The summed E-state index contributed by atoms with van der Waals surface area (Å²) in [6, 6.07) is 72.8. The average molecular weight is 984 g/mol. The van der Waals surface area contributed by atoms with Gasteiger partial charge in [0.05, 0.1) is 39.1 Å². The van der Waals surface area contributed by atoms with E-state index in [9.17, 15) is 0 Å². The molecule has 2 aliphatic rings. The van der Waals surface area contributed by atoms with Crippen molar-refractivity contribution in [2.24, 2.45) is 0 Å². The molecule has 0 radical (unpaired) electrons. The monoisotopic (exact) mass is 984 g/mol. The molecule has 0 bridgehead atoms. The molecule has 12 aromatic rings. The number of nitrogens with zero attached hydrogens (tertiary/aromatic N) is 5. The Morgan fingerprint density at radius 2 is 0.737 bits per heavy atom. The number of rotatable bonds is 7. The van der Waals surface area contributed by atoms with Crippen molar-refractivity contribution in [3.8, 4) is 17.1 Å². The second-order valence-electron chi connectivity index (χ2n) is 23.5. The smallest absolute Gasteiger partial charge is 0.252 e. The van der Waals surface area contributed by atoms with Crippen molar-refractivity contribution in [3.63, 3.8) is 0 Å². The fourth-order valence-corrected chi connectivity index (χ4v) is 13.2. The molecule has 3 aromatic heterocycles. The van der Waals surface area contributed by atoms with Crippen molar-refractivity contribution in [1.29, 1.82) is 0 Å². The van der Waals surface area contributed by atoms with Crippen LogP contribution in [0.2, 0.25) is 0 Å². The number of aromatic nitrogens is 3. The van der Waals surface area contributed by atoms with Gasteiger partial charge in [-0.1, -0.05) is 139 Å². The van der Waals surface area contributed by atoms with Crippen LogP contribution in [0.5, 0.6) is 0 Å². The zero-order valence-electron chi connectivity index (χ0n) is 45.3. The summed E-state index contributed by atoms with van der Waals surface area (Å²) in [7, 11) is 0. The first kappa shape index (κ1) is 46.1. The maximum atomic E-state index is 2.63. The maximum Gasteiger partial charge on any atom is 0.252 e. The van der Waals surface area contributed by atoms with Crippen LogP contribution < -0.4 is 26.2 Å². The third kappa shape index (κ3) is 6.59. The fourth-order valence-electron chi connectivity index (χ4n) is 13.2. The van der Waals surface area contributed by atoms with Crippen LogP contribution in [-0.4, -0.2) is 20.4 Å². The average Bonchev–Trinajstić information content (AvgIpc) is 4.20. The summed E-state index contributed by atoms with van der Waals surface area (Å²) in [5.74, 6) is 0. The molecule has 2 aliphatic heterocycles. The third-order valence-corrected chi connectivity index (χ3v) is 17.1.